The van der Waals surface area contributed by atoms with Gasteiger partial charge in [-0.2, -0.15) is 0 Å². The summed E-state index contributed by atoms with van der Waals surface area (Å²) in [4.78, 5) is 28.1. The first-order valence-corrected chi connectivity index (χ1v) is 8.53. The number of hydrogen-bond donors (Lipinski definition) is 0. The topological polar surface area (TPSA) is 59.1 Å². The predicted molar refractivity (Wildman–Crippen MR) is 86.3 cm³/mol. The van der Waals surface area contributed by atoms with Gasteiger partial charge in [-0.15, -0.1) is 0 Å². The highest BCUT2D eigenvalue weighted by molar-refractivity contribution is 5.71. The first kappa shape index (κ1) is 15.3. The molecule has 6 nitrogen and oxygen atoms in total. The molecule has 3 fully saturated rings. The Morgan fingerprint density at radius 1 is 1.29 bits per heavy atom. The van der Waals surface area contributed by atoms with E-state index >= 15 is 0 Å². The molecule has 1 aliphatic carbocycles. The maximum Gasteiger partial charge on any atom is 0.410 e. The fraction of sp³-hybridized carbons (Fsp3) is 0.556. The molecular weight excluding hydrogens is 308 g/mol. The lowest BCUT2D eigenvalue weighted by atomic mass is 9.73. The summed E-state index contributed by atoms with van der Waals surface area (Å²) in [5.41, 5.74) is 1.11. The predicted octanol–water partition coefficient (Wildman–Crippen LogP) is 2.63. The van der Waals surface area contributed by atoms with Crippen LogP contribution in [-0.2, 0) is 16.0 Å². The third kappa shape index (κ3) is 2.50. The second-order valence-electron chi connectivity index (χ2n) is 6.86. The zero-order chi connectivity index (χ0) is 16.7. The molecule has 2 heterocycles. The molecule has 1 aromatic carbocycles. The van der Waals surface area contributed by atoms with Crippen molar-refractivity contribution in [2.75, 3.05) is 13.7 Å². The lowest BCUT2D eigenvalue weighted by Gasteiger charge is -2.54. The summed E-state index contributed by atoms with van der Waals surface area (Å²) in [7, 11) is 1.40. The van der Waals surface area contributed by atoms with E-state index in [1.807, 2.05) is 35.2 Å². The number of benzene rings is 1. The number of carbonyl (C=O) groups is 2. The van der Waals surface area contributed by atoms with Crippen LogP contribution in [0.5, 0.6) is 0 Å². The van der Waals surface area contributed by atoms with Gasteiger partial charge in [-0.1, -0.05) is 30.3 Å². The van der Waals surface area contributed by atoms with Crippen molar-refractivity contribution in [3.8, 4) is 0 Å². The second-order valence-corrected chi connectivity index (χ2v) is 6.86. The third-order valence-electron chi connectivity index (χ3n) is 5.62. The molecule has 2 amide bonds. The van der Waals surface area contributed by atoms with Gasteiger partial charge in [0.25, 0.3) is 0 Å². The molecule has 0 radical (unpaired) electrons. The van der Waals surface area contributed by atoms with Crippen LogP contribution < -0.4 is 0 Å². The van der Waals surface area contributed by atoms with Crippen LogP contribution in [0.15, 0.2) is 30.3 Å². The van der Waals surface area contributed by atoms with Gasteiger partial charge in [0, 0.05) is 24.5 Å². The molecule has 0 N–H and O–H groups in total. The van der Waals surface area contributed by atoms with Crippen molar-refractivity contribution in [1.82, 2.24) is 9.80 Å². The smallest absolute Gasteiger partial charge is 0.410 e. The zero-order valence-electron chi connectivity index (χ0n) is 13.8. The number of ether oxygens (including phenoxy) is 2. The van der Waals surface area contributed by atoms with E-state index in [2.05, 4.69) is 0 Å². The van der Waals surface area contributed by atoms with Gasteiger partial charge in [0.05, 0.1) is 13.7 Å². The number of amides is 2. The molecule has 0 spiro atoms. The van der Waals surface area contributed by atoms with E-state index in [-0.39, 0.29) is 30.4 Å². The van der Waals surface area contributed by atoms with Crippen LogP contribution >= 0.6 is 0 Å². The summed E-state index contributed by atoms with van der Waals surface area (Å²) in [5, 5.41) is 0. The summed E-state index contributed by atoms with van der Waals surface area (Å²) < 4.78 is 10.6. The highest BCUT2D eigenvalue weighted by Gasteiger charge is 2.52. The number of fused-ring (bicyclic) bond motifs is 1. The van der Waals surface area contributed by atoms with Gasteiger partial charge in [0.1, 0.15) is 6.10 Å². The van der Waals surface area contributed by atoms with Crippen LogP contribution in [0.2, 0.25) is 0 Å². The number of methoxy groups -OCH3 is 1. The third-order valence-corrected chi connectivity index (χ3v) is 5.62. The monoisotopic (exact) mass is 330 g/mol. The van der Waals surface area contributed by atoms with Gasteiger partial charge in [-0.05, 0) is 24.8 Å². The van der Waals surface area contributed by atoms with Crippen molar-refractivity contribution in [2.24, 2.45) is 5.92 Å². The van der Waals surface area contributed by atoms with E-state index < -0.39 is 0 Å². The van der Waals surface area contributed by atoms with Crippen LogP contribution in [0.3, 0.4) is 0 Å². The van der Waals surface area contributed by atoms with Crippen LogP contribution in [0.25, 0.3) is 0 Å². The van der Waals surface area contributed by atoms with Gasteiger partial charge in [-0.25, -0.2) is 9.59 Å². The van der Waals surface area contributed by atoms with Crippen LogP contribution in [0.1, 0.15) is 24.8 Å². The van der Waals surface area contributed by atoms with Crippen molar-refractivity contribution in [2.45, 2.75) is 44.0 Å². The average Bonchev–Trinajstić information content (AvgIpc) is 2.62. The van der Waals surface area contributed by atoms with Crippen LogP contribution in [0.4, 0.5) is 9.59 Å². The summed E-state index contributed by atoms with van der Waals surface area (Å²) >= 11 is 0. The molecule has 4 atom stereocenters. The van der Waals surface area contributed by atoms with Gasteiger partial charge < -0.3 is 19.3 Å². The standard InChI is InChI=1S/C18H22N2O4/c1-23-17(21)19-11-16-14-9-13(19)7-8-15(14)20(18(22)24-16)10-12-5-3-2-4-6-12/h2-6,13-16H,7-11H2,1H3/t13-,14-,15-,16+/m1/s1. The molecule has 1 saturated carbocycles. The quantitative estimate of drug-likeness (QED) is 0.836. The Labute approximate surface area is 141 Å². The Kier molecular flexibility index (Phi) is 3.82. The van der Waals surface area contributed by atoms with Crippen molar-refractivity contribution in [3.05, 3.63) is 35.9 Å². The van der Waals surface area contributed by atoms with Gasteiger partial charge in [0.2, 0.25) is 0 Å². The second kappa shape index (κ2) is 6.00. The number of piperidine rings is 1. The first-order chi connectivity index (χ1) is 11.7. The molecular formula is C18H22N2O4. The number of carbonyl (C=O) groups excluding carboxylic acids is 2. The van der Waals surface area contributed by atoms with E-state index in [4.69, 9.17) is 9.47 Å². The maximum atomic E-state index is 12.6. The SMILES string of the molecule is COC(=O)N1C[C@@H]2OC(=O)N(Cc3ccccc3)[C@@H]3CC[C@@H]1C[C@@H]23. The molecule has 2 aliphatic heterocycles. The largest absolute Gasteiger partial charge is 0.453 e. The molecule has 2 saturated heterocycles. The van der Waals surface area contributed by atoms with E-state index in [1.165, 1.54) is 7.11 Å². The lowest BCUT2D eigenvalue weighted by molar-refractivity contribution is -0.111. The number of likely N-dealkylation sites (tertiary alicyclic amines) is 1. The zero-order valence-corrected chi connectivity index (χ0v) is 13.8. The molecule has 1 aromatic rings. The van der Waals surface area contributed by atoms with E-state index in [0.717, 1.165) is 24.8 Å². The minimum absolute atomic E-state index is 0.199. The summed E-state index contributed by atoms with van der Waals surface area (Å²) in [6.45, 7) is 1.03. The maximum absolute atomic E-state index is 12.6. The van der Waals surface area contributed by atoms with Crippen LogP contribution in [0, 0.1) is 5.92 Å². The summed E-state index contributed by atoms with van der Waals surface area (Å²) in [6, 6.07) is 10.4. The Hall–Kier alpha value is -2.24. The Morgan fingerprint density at radius 3 is 2.83 bits per heavy atom. The fourth-order valence-corrected chi connectivity index (χ4v) is 4.47. The first-order valence-electron chi connectivity index (χ1n) is 8.53. The fourth-order valence-electron chi connectivity index (χ4n) is 4.47. The summed E-state index contributed by atoms with van der Waals surface area (Å²) in [5.74, 6) is 0.297. The minimum atomic E-state index is -0.320. The van der Waals surface area contributed by atoms with Gasteiger partial charge in [-0.3, -0.25) is 0 Å². The van der Waals surface area contributed by atoms with Gasteiger partial charge in [0.15, 0.2) is 0 Å². The Balaban J connectivity index is 1.54. The highest BCUT2D eigenvalue weighted by atomic mass is 16.6. The average molecular weight is 330 g/mol. The molecule has 0 unspecified atom stereocenters. The van der Waals surface area contributed by atoms with Crippen molar-refractivity contribution in [1.29, 1.82) is 0 Å². The molecule has 3 aliphatic rings. The molecule has 128 valence electrons. The van der Waals surface area contributed by atoms with E-state index in [0.29, 0.717) is 19.0 Å². The molecule has 6 heteroatoms. The highest BCUT2D eigenvalue weighted by Crippen LogP contribution is 2.42. The van der Waals surface area contributed by atoms with Crippen LogP contribution in [-0.4, -0.2) is 53.8 Å². The normalized spacial score (nSPS) is 31.5. The number of nitrogens with zero attached hydrogens (tertiary/aromatic N) is 2. The van der Waals surface area contributed by atoms with Crippen molar-refractivity contribution < 1.29 is 19.1 Å². The molecule has 24 heavy (non-hydrogen) atoms. The van der Waals surface area contributed by atoms with E-state index in [9.17, 15) is 9.59 Å². The Morgan fingerprint density at radius 2 is 2.08 bits per heavy atom. The minimum Gasteiger partial charge on any atom is -0.453 e. The van der Waals surface area contributed by atoms with Crippen molar-refractivity contribution in [3.63, 3.8) is 0 Å². The number of hydrogen-bond acceptors (Lipinski definition) is 4. The number of rotatable bonds is 2. The lowest BCUT2D eigenvalue weighted by Crippen LogP contribution is -2.65. The molecule has 0 aromatic heterocycles. The Bertz CT molecular complexity index is 635. The van der Waals surface area contributed by atoms with Crippen molar-refractivity contribution >= 4 is 12.2 Å². The van der Waals surface area contributed by atoms with E-state index in [1.54, 1.807) is 4.90 Å². The van der Waals surface area contributed by atoms with Gasteiger partial charge >= 0.3 is 12.2 Å². The molecule has 2 bridgehead atoms. The summed E-state index contributed by atoms with van der Waals surface area (Å²) in [6.07, 6.45) is 1.88. The molecule has 4 rings (SSSR count).